The Morgan fingerprint density at radius 3 is 2.54 bits per heavy atom. The van der Waals surface area contributed by atoms with E-state index >= 15 is 13.2 Å². The molecular formula is C27H32F3N5O2. The van der Waals surface area contributed by atoms with Crippen LogP contribution in [0.25, 0.3) is 10.9 Å². The molecule has 0 bridgehead atoms. The van der Waals surface area contributed by atoms with Crippen LogP contribution in [0.5, 0.6) is 0 Å². The van der Waals surface area contributed by atoms with Crippen LogP contribution in [0.4, 0.5) is 24.7 Å². The van der Waals surface area contributed by atoms with Gasteiger partial charge in [0.1, 0.15) is 23.1 Å². The third-order valence-electron chi connectivity index (χ3n) is 7.18. The first-order valence-corrected chi connectivity index (χ1v) is 12.0. The molecule has 0 fully saturated rings. The van der Waals surface area contributed by atoms with E-state index in [1.807, 2.05) is 26.0 Å². The van der Waals surface area contributed by atoms with E-state index in [4.69, 9.17) is 0 Å². The fourth-order valence-electron chi connectivity index (χ4n) is 4.97. The van der Waals surface area contributed by atoms with Crippen molar-refractivity contribution in [2.75, 3.05) is 30.9 Å². The molecule has 1 aromatic heterocycles. The predicted octanol–water partition coefficient (Wildman–Crippen LogP) is 4.57. The average Bonchev–Trinajstić information content (AvgIpc) is 2.97. The van der Waals surface area contributed by atoms with E-state index in [2.05, 4.69) is 20.6 Å². The summed E-state index contributed by atoms with van der Waals surface area (Å²) in [5, 5.41) is 16.6. The number of hydrogen-bond acceptors (Lipinski definition) is 6. The molecule has 4 rings (SSSR count). The highest BCUT2D eigenvalue weighted by molar-refractivity contribution is 6.10. The van der Waals surface area contributed by atoms with Crippen molar-refractivity contribution in [3.05, 3.63) is 58.7 Å². The zero-order valence-electron chi connectivity index (χ0n) is 22.0. The number of halogens is 3. The smallest absolute Gasteiger partial charge is 0.305 e. The van der Waals surface area contributed by atoms with Gasteiger partial charge in [0.2, 0.25) is 5.91 Å². The summed E-state index contributed by atoms with van der Waals surface area (Å²) in [6.07, 6.45) is 0. The van der Waals surface area contributed by atoms with Crippen LogP contribution < -0.4 is 15.5 Å². The topological polar surface area (TPSA) is 90.4 Å². The lowest BCUT2D eigenvalue weighted by Gasteiger charge is -2.33. The van der Waals surface area contributed by atoms with Gasteiger partial charge in [-0.25, -0.2) is 14.4 Å². The summed E-state index contributed by atoms with van der Waals surface area (Å²) in [5.74, 6) is -4.15. The van der Waals surface area contributed by atoms with Gasteiger partial charge in [0.25, 0.3) is 0 Å². The molecule has 1 aliphatic rings. The standard InChI is InChI=1S/C27H32F3N5O2/c1-14(16-9-8-10-18(22(16)28)27(29,30)26(5,37)13-31-6)32-23-17-11-21-19(12-20(17)33-15(2)34-23)25(3,4)24(36)35(21)7/h8-12,14,31,37H,13H2,1-7H3,(H,32,33,34)/t14-,26-/m1/s1. The SMILES string of the molecule is CNC[C@@](C)(O)C(F)(F)c1cccc([C@@H](C)Nc2nc(C)nc3cc4c(cc23)N(C)C(=O)C4(C)C)c1F. The van der Waals surface area contributed by atoms with Gasteiger partial charge in [-0.2, -0.15) is 8.78 Å². The Morgan fingerprint density at radius 1 is 1.22 bits per heavy atom. The number of anilines is 2. The monoisotopic (exact) mass is 515 g/mol. The van der Waals surface area contributed by atoms with Crippen molar-refractivity contribution in [3.8, 4) is 0 Å². The van der Waals surface area contributed by atoms with Crippen molar-refractivity contribution in [2.45, 2.75) is 57.6 Å². The fraction of sp³-hybridized carbons (Fsp3) is 0.444. The molecule has 0 spiro atoms. The quantitative estimate of drug-likeness (QED) is 0.427. The summed E-state index contributed by atoms with van der Waals surface area (Å²) in [7, 11) is 3.14. The summed E-state index contributed by atoms with van der Waals surface area (Å²) < 4.78 is 45.9. The average molecular weight is 516 g/mol. The van der Waals surface area contributed by atoms with Gasteiger partial charge in [-0.3, -0.25) is 4.79 Å². The molecule has 0 aliphatic carbocycles. The number of aliphatic hydroxyl groups is 1. The van der Waals surface area contributed by atoms with Gasteiger partial charge in [-0.1, -0.05) is 12.1 Å². The number of aryl methyl sites for hydroxylation is 1. The Bertz CT molecular complexity index is 1390. The Morgan fingerprint density at radius 2 is 1.89 bits per heavy atom. The van der Waals surface area contributed by atoms with E-state index in [-0.39, 0.29) is 11.5 Å². The van der Waals surface area contributed by atoms with Crippen molar-refractivity contribution in [2.24, 2.45) is 0 Å². The minimum absolute atomic E-state index is 0.00330. The van der Waals surface area contributed by atoms with E-state index in [1.54, 1.807) is 25.8 Å². The molecule has 10 heteroatoms. The second-order valence-corrected chi connectivity index (χ2v) is 10.4. The van der Waals surface area contributed by atoms with E-state index in [0.717, 1.165) is 24.2 Å². The Labute approximate surface area is 214 Å². The van der Waals surface area contributed by atoms with Crippen LogP contribution in [-0.4, -0.2) is 47.2 Å². The lowest BCUT2D eigenvalue weighted by molar-refractivity contribution is -0.177. The van der Waals surface area contributed by atoms with E-state index in [9.17, 15) is 9.90 Å². The molecule has 0 radical (unpaired) electrons. The Kier molecular flexibility index (Phi) is 6.49. The minimum atomic E-state index is -3.85. The number of likely N-dealkylation sites (N-methyl/N-ethyl adjacent to an activating group) is 2. The summed E-state index contributed by atoms with van der Waals surface area (Å²) >= 11 is 0. The first-order valence-electron chi connectivity index (χ1n) is 12.0. The summed E-state index contributed by atoms with van der Waals surface area (Å²) in [5.41, 5.74) is -1.92. The lowest BCUT2D eigenvalue weighted by atomic mass is 9.85. The third-order valence-corrected chi connectivity index (χ3v) is 7.18. The number of rotatable bonds is 7. The van der Waals surface area contributed by atoms with Crippen LogP contribution in [0.3, 0.4) is 0 Å². The fourth-order valence-corrected chi connectivity index (χ4v) is 4.97. The van der Waals surface area contributed by atoms with E-state index in [0.29, 0.717) is 22.5 Å². The molecular weight excluding hydrogens is 483 g/mol. The van der Waals surface area contributed by atoms with Gasteiger partial charge >= 0.3 is 5.92 Å². The molecule has 2 atom stereocenters. The molecule has 3 N–H and O–H groups in total. The zero-order valence-corrected chi connectivity index (χ0v) is 22.0. The molecule has 1 aliphatic heterocycles. The van der Waals surface area contributed by atoms with Crippen LogP contribution in [0, 0.1) is 12.7 Å². The van der Waals surface area contributed by atoms with Gasteiger partial charge in [0, 0.05) is 30.2 Å². The van der Waals surface area contributed by atoms with E-state index < -0.39 is 40.9 Å². The predicted molar refractivity (Wildman–Crippen MR) is 138 cm³/mol. The molecule has 0 saturated carbocycles. The molecule has 2 aromatic carbocycles. The van der Waals surface area contributed by atoms with Crippen molar-refractivity contribution < 1.29 is 23.1 Å². The van der Waals surface area contributed by atoms with Crippen LogP contribution in [0.2, 0.25) is 0 Å². The molecule has 0 unspecified atom stereocenters. The van der Waals surface area contributed by atoms with E-state index in [1.165, 1.54) is 19.2 Å². The molecule has 0 saturated heterocycles. The number of fused-ring (bicyclic) bond motifs is 2. The van der Waals surface area contributed by atoms with Crippen LogP contribution in [-0.2, 0) is 16.1 Å². The number of aromatic nitrogens is 2. The molecule has 7 nitrogen and oxygen atoms in total. The first-order chi connectivity index (χ1) is 17.1. The van der Waals surface area contributed by atoms with Crippen molar-refractivity contribution in [1.29, 1.82) is 0 Å². The molecule has 37 heavy (non-hydrogen) atoms. The highest BCUT2D eigenvalue weighted by Crippen LogP contribution is 2.44. The number of hydrogen-bond donors (Lipinski definition) is 3. The maximum Gasteiger partial charge on any atom is 0.305 e. The van der Waals surface area contributed by atoms with Gasteiger partial charge in [-0.15, -0.1) is 0 Å². The van der Waals surface area contributed by atoms with Crippen LogP contribution in [0.15, 0.2) is 30.3 Å². The van der Waals surface area contributed by atoms with Gasteiger partial charge in [0.05, 0.1) is 22.5 Å². The van der Waals surface area contributed by atoms with Gasteiger partial charge < -0.3 is 20.6 Å². The highest BCUT2D eigenvalue weighted by atomic mass is 19.3. The van der Waals surface area contributed by atoms with Crippen LogP contribution >= 0.6 is 0 Å². The zero-order chi connectivity index (χ0) is 27.5. The minimum Gasteiger partial charge on any atom is -0.382 e. The maximum atomic E-state index is 15.5. The normalized spacial score (nSPS) is 17.6. The van der Waals surface area contributed by atoms with Crippen molar-refractivity contribution in [3.63, 3.8) is 0 Å². The van der Waals surface area contributed by atoms with Crippen molar-refractivity contribution >= 4 is 28.3 Å². The number of amides is 1. The summed E-state index contributed by atoms with van der Waals surface area (Å²) in [6.45, 7) is 7.62. The Balaban J connectivity index is 1.76. The molecule has 198 valence electrons. The number of carbonyl (C=O) groups is 1. The number of nitrogens with zero attached hydrogens (tertiary/aromatic N) is 3. The lowest BCUT2D eigenvalue weighted by Crippen LogP contribution is -2.50. The molecule has 3 aromatic rings. The summed E-state index contributed by atoms with van der Waals surface area (Å²) in [6, 6.07) is 6.67. The number of nitrogens with one attached hydrogen (secondary N) is 2. The maximum absolute atomic E-state index is 15.5. The number of carbonyl (C=O) groups excluding carboxylic acids is 1. The van der Waals surface area contributed by atoms with Gasteiger partial charge in [-0.05, 0) is 65.4 Å². The van der Waals surface area contributed by atoms with Gasteiger partial charge in [0.15, 0.2) is 0 Å². The molecule has 2 heterocycles. The van der Waals surface area contributed by atoms with Crippen LogP contribution in [0.1, 0.15) is 56.3 Å². The highest BCUT2D eigenvalue weighted by Gasteiger charge is 2.52. The summed E-state index contributed by atoms with van der Waals surface area (Å²) in [4.78, 5) is 23.4. The third kappa shape index (κ3) is 4.21. The number of alkyl halides is 2. The largest absolute Gasteiger partial charge is 0.382 e. The second-order valence-electron chi connectivity index (χ2n) is 10.4. The first kappa shape index (κ1) is 26.8. The number of benzene rings is 2. The van der Waals surface area contributed by atoms with Crippen molar-refractivity contribution in [1.82, 2.24) is 15.3 Å². The Hall–Kier alpha value is -3.24. The molecule has 1 amide bonds. The second kappa shape index (κ2) is 8.95.